The van der Waals surface area contributed by atoms with Crippen molar-refractivity contribution in [3.05, 3.63) is 21.9 Å². The summed E-state index contributed by atoms with van der Waals surface area (Å²) in [5.41, 5.74) is 1.23. The number of thiophene rings is 1. The van der Waals surface area contributed by atoms with Crippen LogP contribution in [0.4, 0.5) is 0 Å². The number of nitrogens with zero attached hydrogens (tertiary/aromatic N) is 1. The summed E-state index contributed by atoms with van der Waals surface area (Å²) in [6.45, 7) is 1.38. The number of hydrogen-bond donors (Lipinski definition) is 1. The zero-order valence-corrected chi connectivity index (χ0v) is 10.8. The number of carbonyl (C=O) groups is 2. The van der Waals surface area contributed by atoms with Crippen molar-refractivity contribution in [2.45, 2.75) is 25.8 Å². The van der Waals surface area contributed by atoms with Crippen LogP contribution in [0.15, 0.2) is 11.4 Å². The molecule has 1 aromatic rings. The lowest BCUT2D eigenvalue weighted by Gasteiger charge is -2.37. The molecule has 2 aliphatic rings. The van der Waals surface area contributed by atoms with Crippen LogP contribution in [0.25, 0.3) is 0 Å². The van der Waals surface area contributed by atoms with E-state index in [9.17, 15) is 9.59 Å². The maximum absolute atomic E-state index is 12.3. The fourth-order valence-corrected chi connectivity index (χ4v) is 3.65. The van der Waals surface area contributed by atoms with E-state index in [0.29, 0.717) is 13.0 Å². The lowest BCUT2D eigenvalue weighted by Crippen LogP contribution is -2.47. The van der Waals surface area contributed by atoms with Gasteiger partial charge in [-0.1, -0.05) is 0 Å². The fourth-order valence-electron chi connectivity index (χ4n) is 2.76. The lowest BCUT2D eigenvalue weighted by atomic mass is 9.72. The van der Waals surface area contributed by atoms with E-state index in [4.69, 9.17) is 5.11 Å². The molecule has 1 aliphatic carbocycles. The summed E-state index contributed by atoms with van der Waals surface area (Å²) in [5, 5.41) is 11.1. The van der Waals surface area contributed by atoms with Crippen molar-refractivity contribution in [2.24, 2.45) is 11.8 Å². The zero-order chi connectivity index (χ0) is 12.7. The Morgan fingerprint density at radius 3 is 2.78 bits per heavy atom. The number of carboxylic acid groups (broad SMARTS) is 1. The van der Waals surface area contributed by atoms with Crippen LogP contribution in [0.3, 0.4) is 0 Å². The molecule has 1 aromatic heterocycles. The maximum atomic E-state index is 12.3. The van der Waals surface area contributed by atoms with Gasteiger partial charge in [-0.2, -0.15) is 0 Å². The van der Waals surface area contributed by atoms with Crippen molar-refractivity contribution >= 4 is 23.2 Å². The molecular formula is C13H15NO3S. The van der Waals surface area contributed by atoms with Crippen molar-refractivity contribution in [3.8, 4) is 0 Å². The van der Waals surface area contributed by atoms with E-state index in [2.05, 4.69) is 11.4 Å². The predicted octanol–water partition coefficient (Wildman–Crippen LogP) is 1.74. The van der Waals surface area contributed by atoms with Crippen molar-refractivity contribution in [3.63, 3.8) is 0 Å². The lowest BCUT2D eigenvalue weighted by molar-refractivity contribution is -0.157. The maximum Gasteiger partial charge on any atom is 0.307 e. The smallest absolute Gasteiger partial charge is 0.307 e. The van der Waals surface area contributed by atoms with Gasteiger partial charge < -0.3 is 10.0 Å². The molecule has 96 valence electrons. The summed E-state index contributed by atoms with van der Waals surface area (Å²) < 4.78 is 0. The topological polar surface area (TPSA) is 57.6 Å². The summed E-state index contributed by atoms with van der Waals surface area (Å²) >= 11 is 1.74. The van der Waals surface area contributed by atoms with Crippen LogP contribution >= 0.6 is 11.3 Å². The highest BCUT2D eigenvalue weighted by molar-refractivity contribution is 7.10. The summed E-state index contributed by atoms with van der Waals surface area (Å²) in [4.78, 5) is 26.5. The monoisotopic (exact) mass is 265 g/mol. The van der Waals surface area contributed by atoms with E-state index in [1.54, 1.807) is 11.3 Å². The molecule has 2 heterocycles. The SMILES string of the molecule is O=C(O)C1CCC1C(=O)N1CCc2sccc2C1. The van der Waals surface area contributed by atoms with Gasteiger partial charge >= 0.3 is 5.97 Å². The summed E-state index contributed by atoms with van der Waals surface area (Å²) in [5.74, 6) is -1.54. The molecule has 0 aromatic carbocycles. The zero-order valence-electron chi connectivity index (χ0n) is 9.96. The number of fused-ring (bicyclic) bond motifs is 1. The van der Waals surface area contributed by atoms with E-state index >= 15 is 0 Å². The van der Waals surface area contributed by atoms with E-state index in [0.717, 1.165) is 19.4 Å². The molecule has 1 aliphatic heterocycles. The molecule has 1 amide bonds. The second-order valence-electron chi connectivity index (χ2n) is 5.01. The van der Waals surface area contributed by atoms with Gasteiger partial charge in [-0.15, -0.1) is 11.3 Å². The molecule has 0 spiro atoms. The van der Waals surface area contributed by atoms with Crippen LogP contribution in [-0.2, 0) is 22.6 Å². The van der Waals surface area contributed by atoms with Gasteiger partial charge in [-0.25, -0.2) is 0 Å². The molecule has 1 fully saturated rings. The van der Waals surface area contributed by atoms with Crippen molar-refractivity contribution in [2.75, 3.05) is 6.54 Å². The number of aliphatic carboxylic acids is 1. The summed E-state index contributed by atoms with van der Waals surface area (Å²) in [6.07, 6.45) is 2.27. The first kappa shape index (κ1) is 11.7. The van der Waals surface area contributed by atoms with Crippen LogP contribution in [-0.4, -0.2) is 28.4 Å². The predicted molar refractivity (Wildman–Crippen MR) is 67.3 cm³/mol. The Labute approximate surface area is 109 Å². The van der Waals surface area contributed by atoms with Gasteiger partial charge in [0.25, 0.3) is 0 Å². The van der Waals surface area contributed by atoms with Crippen LogP contribution < -0.4 is 0 Å². The van der Waals surface area contributed by atoms with Crippen molar-refractivity contribution in [1.29, 1.82) is 0 Å². The van der Waals surface area contributed by atoms with Gasteiger partial charge in [0.05, 0.1) is 11.8 Å². The minimum absolute atomic E-state index is 0.0329. The highest BCUT2D eigenvalue weighted by atomic mass is 32.1. The molecule has 5 heteroatoms. The van der Waals surface area contributed by atoms with E-state index in [1.165, 1.54) is 10.4 Å². The number of hydrogen-bond acceptors (Lipinski definition) is 3. The fraction of sp³-hybridized carbons (Fsp3) is 0.538. The second-order valence-corrected chi connectivity index (χ2v) is 6.01. The molecule has 3 rings (SSSR count). The first-order chi connectivity index (χ1) is 8.66. The quantitative estimate of drug-likeness (QED) is 0.886. The van der Waals surface area contributed by atoms with Gasteiger partial charge in [0.2, 0.25) is 5.91 Å². The number of carbonyl (C=O) groups excluding carboxylic acids is 1. The van der Waals surface area contributed by atoms with Gasteiger partial charge in [-0.3, -0.25) is 9.59 Å². The van der Waals surface area contributed by atoms with E-state index < -0.39 is 11.9 Å². The van der Waals surface area contributed by atoms with Crippen LogP contribution in [0.2, 0.25) is 0 Å². The number of carboxylic acids is 1. The van der Waals surface area contributed by atoms with Gasteiger partial charge in [-0.05, 0) is 36.3 Å². The highest BCUT2D eigenvalue weighted by Crippen LogP contribution is 2.37. The van der Waals surface area contributed by atoms with Crippen LogP contribution in [0.1, 0.15) is 23.3 Å². The minimum Gasteiger partial charge on any atom is -0.481 e. The Kier molecular flexibility index (Phi) is 2.86. The molecule has 4 nitrogen and oxygen atoms in total. The number of rotatable bonds is 2. The first-order valence-corrected chi connectivity index (χ1v) is 7.11. The van der Waals surface area contributed by atoms with E-state index in [1.807, 2.05) is 4.90 Å². The third kappa shape index (κ3) is 1.82. The van der Waals surface area contributed by atoms with Crippen molar-refractivity contribution < 1.29 is 14.7 Å². The molecule has 1 N–H and O–H groups in total. The minimum atomic E-state index is -0.826. The molecule has 2 atom stereocenters. The van der Waals surface area contributed by atoms with Gasteiger partial charge in [0.1, 0.15) is 0 Å². The van der Waals surface area contributed by atoms with Crippen LogP contribution in [0.5, 0.6) is 0 Å². The molecule has 0 saturated heterocycles. The Hall–Kier alpha value is -1.36. The molecule has 0 bridgehead atoms. The summed E-state index contributed by atoms with van der Waals surface area (Å²) in [7, 11) is 0. The average molecular weight is 265 g/mol. The molecule has 0 radical (unpaired) electrons. The van der Waals surface area contributed by atoms with Gasteiger partial charge in [0, 0.05) is 18.0 Å². The molecule has 18 heavy (non-hydrogen) atoms. The Balaban J connectivity index is 1.70. The highest BCUT2D eigenvalue weighted by Gasteiger charge is 2.43. The largest absolute Gasteiger partial charge is 0.481 e. The van der Waals surface area contributed by atoms with Gasteiger partial charge in [0.15, 0.2) is 0 Å². The Bertz CT molecular complexity index is 496. The number of amides is 1. The Morgan fingerprint density at radius 2 is 2.11 bits per heavy atom. The molecule has 1 saturated carbocycles. The van der Waals surface area contributed by atoms with Crippen LogP contribution in [0, 0.1) is 11.8 Å². The first-order valence-electron chi connectivity index (χ1n) is 6.23. The summed E-state index contributed by atoms with van der Waals surface area (Å²) in [6, 6.07) is 2.06. The average Bonchev–Trinajstić information content (AvgIpc) is 2.73. The van der Waals surface area contributed by atoms with E-state index in [-0.39, 0.29) is 11.8 Å². The normalized spacial score (nSPS) is 26.3. The molecule has 2 unspecified atom stereocenters. The molecular weight excluding hydrogens is 250 g/mol. The van der Waals surface area contributed by atoms with Crippen molar-refractivity contribution in [1.82, 2.24) is 4.90 Å². The Morgan fingerprint density at radius 1 is 1.33 bits per heavy atom. The third-order valence-corrected chi connectivity index (χ3v) is 5.05. The third-order valence-electron chi connectivity index (χ3n) is 4.03. The standard InChI is InChI=1S/C13H15NO3S/c15-12(9-1-2-10(9)13(16)17)14-5-3-11-8(7-14)4-6-18-11/h4,6,9-10H,1-3,5,7H2,(H,16,17). The second kappa shape index (κ2) is 4.39.